The maximum absolute atomic E-state index is 6.07. The zero-order valence-electron chi connectivity index (χ0n) is 15.3. The van der Waals surface area contributed by atoms with Crippen LogP contribution in [0.5, 0.6) is 0 Å². The standard InChI is InChI=1S/C23H18ClN3O/c1-23-15-20(16-7-3-2-4-8-16)25-19-9-5-6-10-21(19)27(23)22(26-28-23)17-11-13-18(24)14-12-17/h2-14H,15H2,1H3. The van der Waals surface area contributed by atoms with Crippen molar-refractivity contribution in [2.75, 3.05) is 4.90 Å². The van der Waals surface area contributed by atoms with Crippen molar-refractivity contribution in [1.29, 1.82) is 0 Å². The minimum atomic E-state index is -0.670. The van der Waals surface area contributed by atoms with E-state index in [1.165, 1.54) is 0 Å². The maximum Gasteiger partial charge on any atom is 0.218 e. The van der Waals surface area contributed by atoms with Crippen molar-refractivity contribution >= 4 is 34.5 Å². The number of fused-ring (bicyclic) bond motifs is 3. The summed E-state index contributed by atoms with van der Waals surface area (Å²) in [6.07, 6.45) is 0.603. The molecule has 0 radical (unpaired) electrons. The van der Waals surface area contributed by atoms with Gasteiger partial charge in [0, 0.05) is 10.6 Å². The number of halogens is 1. The van der Waals surface area contributed by atoms with Crippen molar-refractivity contribution in [3.8, 4) is 0 Å². The van der Waals surface area contributed by atoms with Crippen LogP contribution in [0.4, 0.5) is 11.4 Å². The molecule has 0 N–H and O–H groups in total. The van der Waals surface area contributed by atoms with Gasteiger partial charge in [0.25, 0.3) is 0 Å². The van der Waals surface area contributed by atoms with Crippen LogP contribution in [0.1, 0.15) is 24.5 Å². The van der Waals surface area contributed by atoms with E-state index in [9.17, 15) is 0 Å². The first-order valence-electron chi connectivity index (χ1n) is 9.18. The average Bonchev–Trinajstić information content (AvgIpc) is 2.99. The van der Waals surface area contributed by atoms with E-state index in [0.29, 0.717) is 11.4 Å². The van der Waals surface area contributed by atoms with Crippen molar-refractivity contribution in [1.82, 2.24) is 0 Å². The summed E-state index contributed by atoms with van der Waals surface area (Å²) in [6, 6.07) is 26.0. The molecule has 0 aliphatic carbocycles. The summed E-state index contributed by atoms with van der Waals surface area (Å²) in [4.78, 5) is 13.2. The predicted octanol–water partition coefficient (Wildman–Crippen LogP) is 5.78. The Morgan fingerprint density at radius 3 is 2.39 bits per heavy atom. The number of hydrogen-bond donors (Lipinski definition) is 0. The molecule has 0 spiro atoms. The number of amidine groups is 1. The summed E-state index contributed by atoms with van der Waals surface area (Å²) in [5.41, 5.74) is 4.22. The first kappa shape index (κ1) is 17.0. The number of nitrogens with zero attached hydrogens (tertiary/aromatic N) is 3. The van der Waals surface area contributed by atoms with Crippen molar-refractivity contribution < 1.29 is 4.84 Å². The molecule has 4 nitrogen and oxygen atoms in total. The first-order chi connectivity index (χ1) is 13.6. The van der Waals surface area contributed by atoms with E-state index in [4.69, 9.17) is 21.4 Å². The van der Waals surface area contributed by atoms with Crippen molar-refractivity contribution in [2.24, 2.45) is 10.1 Å². The lowest BCUT2D eigenvalue weighted by atomic mass is 9.99. The monoisotopic (exact) mass is 387 g/mol. The van der Waals surface area contributed by atoms with Crippen molar-refractivity contribution in [3.05, 3.63) is 95.0 Å². The van der Waals surface area contributed by atoms with E-state index < -0.39 is 5.72 Å². The van der Waals surface area contributed by atoms with Crippen LogP contribution in [-0.4, -0.2) is 17.3 Å². The van der Waals surface area contributed by atoms with Gasteiger partial charge in [0.2, 0.25) is 5.72 Å². The van der Waals surface area contributed by atoms with Crippen LogP contribution in [0.15, 0.2) is 89.0 Å². The minimum Gasteiger partial charge on any atom is -0.365 e. The van der Waals surface area contributed by atoms with E-state index in [1.54, 1.807) is 0 Å². The molecule has 2 aliphatic rings. The van der Waals surface area contributed by atoms with Gasteiger partial charge in [0.15, 0.2) is 5.84 Å². The highest BCUT2D eigenvalue weighted by Gasteiger charge is 2.46. The summed E-state index contributed by atoms with van der Waals surface area (Å²) >= 11 is 6.07. The number of anilines is 1. The third kappa shape index (κ3) is 2.77. The number of para-hydroxylation sites is 2. The summed E-state index contributed by atoms with van der Waals surface area (Å²) in [7, 11) is 0. The molecule has 0 bridgehead atoms. The number of hydrogen-bond acceptors (Lipinski definition) is 4. The van der Waals surface area contributed by atoms with Crippen LogP contribution in [-0.2, 0) is 4.84 Å². The Kier molecular flexibility index (Phi) is 3.95. The van der Waals surface area contributed by atoms with E-state index >= 15 is 0 Å². The highest BCUT2D eigenvalue weighted by atomic mass is 35.5. The van der Waals surface area contributed by atoms with Gasteiger partial charge in [-0.05, 0) is 48.9 Å². The molecule has 2 heterocycles. The molecule has 138 valence electrons. The lowest BCUT2D eigenvalue weighted by Gasteiger charge is -2.33. The number of benzene rings is 3. The Morgan fingerprint density at radius 2 is 1.61 bits per heavy atom. The van der Waals surface area contributed by atoms with Gasteiger partial charge in [-0.1, -0.05) is 59.2 Å². The van der Waals surface area contributed by atoms with Gasteiger partial charge in [-0.15, -0.1) is 0 Å². The molecule has 0 fully saturated rings. The second-order valence-electron chi connectivity index (χ2n) is 7.11. The first-order valence-corrected chi connectivity index (χ1v) is 9.56. The topological polar surface area (TPSA) is 37.2 Å². The fourth-order valence-electron chi connectivity index (χ4n) is 3.75. The maximum atomic E-state index is 6.07. The number of rotatable bonds is 2. The Morgan fingerprint density at radius 1 is 0.893 bits per heavy atom. The summed E-state index contributed by atoms with van der Waals surface area (Å²) in [5.74, 6) is 0.760. The van der Waals surface area contributed by atoms with Gasteiger partial charge in [-0.2, -0.15) is 0 Å². The SMILES string of the molecule is CC12CC(c3ccccc3)=Nc3ccccc3N1C(c1ccc(Cl)cc1)=NO2. The van der Waals surface area contributed by atoms with Gasteiger partial charge in [-0.25, -0.2) is 0 Å². The van der Waals surface area contributed by atoms with Crippen LogP contribution in [0.25, 0.3) is 0 Å². The third-order valence-corrected chi connectivity index (χ3v) is 5.35. The largest absolute Gasteiger partial charge is 0.365 e. The Hall–Kier alpha value is -3.11. The van der Waals surface area contributed by atoms with Crippen LogP contribution in [0.2, 0.25) is 5.02 Å². The molecule has 5 rings (SSSR count). The van der Waals surface area contributed by atoms with Crippen molar-refractivity contribution in [3.63, 3.8) is 0 Å². The van der Waals surface area contributed by atoms with Crippen LogP contribution in [0.3, 0.4) is 0 Å². The fourth-order valence-corrected chi connectivity index (χ4v) is 3.87. The molecular formula is C23H18ClN3O. The molecule has 0 saturated heterocycles. The molecule has 0 amide bonds. The summed E-state index contributed by atoms with van der Waals surface area (Å²) in [6.45, 7) is 2.06. The molecule has 5 heteroatoms. The normalized spacial score (nSPS) is 20.4. The van der Waals surface area contributed by atoms with Gasteiger partial charge in [0.1, 0.15) is 0 Å². The molecule has 28 heavy (non-hydrogen) atoms. The average molecular weight is 388 g/mol. The molecule has 3 aromatic rings. The van der Waals surface area contributed by atoms with E-state index in [0.717, 1.165) is 34.0 Å². The zero-order chi connectivity index (χ0) is 19.1. The van der Waals surface area contributed by atoms with Crippen LogP contribution < -0.4 is 4.90 Å². The van der Waals surface area contributed by atoms with Gasteiger partial charge >= 0.3 is 0 Å². The Balaban J connectivity index is 1.65. The summed E-state index contributed by atoms with van der Waals surface area (Å²) in [5, 5.41) is 5.16. The molecule has 2 aliphatic heterocycles. The Labute approximate surface area is 168 Å². The van der Waals surface area contributed by atoms with E-state index in [1.807, 2.05) is 60.7 Å². The lowest BCUT2D eigenvalue weighted by Crippen LogP contribution is -2.47. The third-order valence-electron chi connectivity index (χ3n) is 5.10. The number of aliphatic imine (C=N–C) groups is 1. The smallest absolute Gasteiger partial charge is 0.218 e. The molecule has 1 unspecified atom stereocenters. The second-order valence-corrected chi connectivity index (χ2v) is 7.55. The van der Waals surface area contributed by atoms with Gasteiger partial charge in [0.05, 0.1) is 23.5 Å². The summed E-state index contributed by atoms with van der Waals surface area (Å²) < 4.78 is 0. The van der Waals surface area contributed by atoms with Crippen LogP contribution >= 0.6 is 11.6 Å². The highest BCUT2D eigenvalue weighted by Crippen LogP contribution is 2.43. The Bertz CT molecular complexity index is 1090. The minimum absolute atomic E-state index is 0.603. The van der Waals surface area contributed by atoms with Gasteiger partial charge in [-0.3, -0.25) is 9.89 Å². The second kappa shape index (κ2) is 6.50. The highest BCUT2D eigenvalue weighted by molar-refractivity contribution is 6.30. The van der Waals surface area contributed by atoms with E-state index in [-0.39, 0.29) is 0 Å². The molecule has 0 saturated carbocycles. The molecular weight excluding hydrogens is 370 g/mol. The van der Waals surface area contributed by atoms with Crippen LogP contribution in [0, 0.1) is 0 Å². The lowest BCUT2D eigenvalue weighted by molar-refractivity contribution is 0.00471. The van der Waals surface area contributed by atoms with Gasteiger partial charge < -0.3 is 4.84 Å². The quantitative estimate of drug-likeness (QED) is 0.559. The zero-order valence-corrected chi connectivity index (χ0v) is 16.1. The predicted molar refractivity (Wildman–Crippen MR) is 114 cm³/mol. The fraction of sp³-hybridized carbons (Fsp3) is 0.130. The van der Waals surface area contributed by atoms with E-state index in [2.05, 4.69) is 35.2 Å². The molecule has 1 atom stereocenters. The number of oxime groups is 1. The molecule has 3 aromatic carbocycles. The van der Waals surface area contributed by atoms with Crippen molar-refractivity contribution in [2.45, 2.75) is 19.1 Å². The molecule has 0 aromatic heterocycles.